The number of carbonyl (C=O) groups is 2. The Morgan fingerprint density at radius 3 is 2.37 bits per heavy atom. The zero-order valence-electron chi connectivity index (χ0n) is 14.7. The molecule has 0 aliphatic carbocycles. The van der Waals surface area contributed by atoms with Crippen molar-refractivity contribution in [2.24, 2.45) is 0 Å². The fraction of sp³-hybridized carbons (Fsp3) is 0.0952. The van der Waals surface area contributed by atoms with Gasteiger partial charge in [-0.15, -0.1) is 0 Å². The molecule has 27 heavy (non-hydrogen) atoms. The lowest BCUT2D eigenvalue weighted by Gasteiger charge is -2.17. The molecule has 0 radical (unpaired) electrons. The van der Waals surface area contributed by atoms with Gasteiger partial charge < -0.3 is 14.6 Å². The van der Waals surface area contributed by atoms with E-state index in [9.17, 15) is 9.59 Å². The molecule has 6 nitrogen and oxygen atoms in total. The standard InChI is InChI=1S/C21H17N3O3/c1-24(14-16-6-4-15(13-22)5-7-16)21(26)17-8-10-18(11-9-17)23-20(25)19-3-2-12-27-19/h2-12H,14H2,1H3,(H,23,25). The summed E-state index contributed by atoms with van der Waals surface area (Å²) in [6.45, 7) is 0.432. The SMILES string of the molecule is CN(Cc1ccc(C#N)cc1)C(=O)c1ccc(NC(=O)c2ccco2)cc1. The summed E-state index contributed by atoms with van der Waals surface area (Å²) < 4.78 is 5.04. The van der Waals surface area contributed by atoms with Gasteiger partial charge in [0.15, 0.2) is 5.76 Å². The van der Waals surface area contributed by atoms with E-state index in [0.29, 0.717) is 23.4 Å². The van der Waals surface area contributed by atoms with E-state index in [-0.39, 0.29) is 17.6 Å². The van der Waals surface area contributed by atoms with Gasteiger partial charge in [0.05, 0.1) is 17.9 Å². The van der Waals surface area contributed by atoms with Crippen LogP contribution in [0.2, 0.25) is 0 Å². The number of hydrogen-bond acceptors (Lipinski definition) is 4. The van der Waals surface area contributed by atoms with Crippen LogP contribution in [0.25, 0.3) is 0 Å². The maximum atomic E-state index is 12.6. The highest BCUT2D eigenvalue weighted by molar-refractivity contribution is 6.02. The van der Waals surface area contributed by atoms with Crippen LogP contribution in [0.3, 0.4) is 0 Å². The largest absolute Gasteiger partial charge is 0.459 e. The molecule has 3 aromatic rings. The lowest BCUT2D eigenvalue weighted by molar-refractivity contribution is 0.0785. The lowest BCUT2D eigenvalue weighted by Crippen LogP contribution is -2.26. The number of anilines is 1. The quantitative estimate of drug-likeness (QED) is 0.753. The topological polar surface area (TPSA) is 86.3 Å². The molecule has 2 amide bonds. The van der Waals surface area contributed by atoms with Crippen LogP contribution in [-0.4, -0.2) is 23.8 Å². The minimum absolute atomic E-state index is 0.136. The molecule has 3 rings (SSSR count). The average molecular weight is 359 g/mol. The van der Waals surface area contributed by atoms with Gasteiger partial charge >= 0.3 is 0 Å². The number of furan rings is 1. The van der Waals surface area contributed by atoms with Crippen molar-refractivity contribution >= 4 is 17.5 Å². The van der Waals surface area contributed by atoms with Gasteiger partial charge in [0, 0.05) is 24.8 Å². The molecular formula is C21H17N3O3. The summed E-state index contributed by atoms with van der Waals surface area (Å²) in [7, 11) is 1.72. The van der Waals surface area contributed by atoms with Crippen LogP contribution < -0.4 is 5.32 Å². The van der Waals surface area contributed by atoms with Crippen LogP contribution in [0.15, 0.2) is 71.3 Å². The third kappa shape index (κ3) is 4.41. The van der Waals surface area contributed by atoms with Crippen molar-refractivity contribution in [1.82, 2.24) is 4.90 Å². The fourth-order valence-corrected chi connectivity index (χ4v) is 2.55. The van der Waals surface area contributed by atoms with E-state index in [0.717, 1.165) is 5.56 Å². The van der Waals surface area contributed by atoms with Gasteiger partial charge in [-0.05, 0) is 54.1 Å². The number of nitrogens with zero attached hydrogens (tertiary/aromatic N) is 2. The number of hydrogen-bond donors (Lipinski definition) is 1. The molecule has 0 saturated heterocycles. The Morgan fingerprint density at radius 2 is 1.78 bits per heavy atom. The maximum absolute atomic E-state index is 12.6. The molecule has 0 unspecified atom stereocenters. The van der Waals surface area contributed by atoms with Gasteiger partial charge in [-0.2, -0.15) is 5.26 Å². The molecule has 1 N–H and O–H groups in total. The van der Waals surface area contributed by atoms with Crippen molar-refractivity contribution in [1.29, 1.82) is 5.26 Å². The smallest absolute Gasteiger partial charge is 0.291 e. The van der Waals surface area contributed by atoms with E-state index in [1.54, 1.807) is 60.5 Å². The monoisotopic (exact) mass is 359 g/mol. The van der Waals surface area contributed by atoms with Crippen molar-refractivity contribution in [3.05, 3.63) is 89.4 Å². The zero-order valence-corrected chi connectivity index (χ0v) is 14.7. The first-order chi connectivity index (χ1) is 13.1. The summed E-state index contributed by atoms with van der Waals surface area (Å²) in [6.07, 6.45) is 1.43. The first-order valence-electron chi connectivity index (χ1n) is 8.26. The fourth-order valence-electron chi connectivity index (χ4n) is 2.55. The summed E-state index contributed by atoms with van der Waals surface area (Å²) in [6, 6.07) is 19.1. The van der Waals surface area contributed by atoms with E-state index >= 15 is 0 Å². The normalized spacial score (nSPS) is 10.1. The third-order valence-corrected chi connectivity index (χ3v) is 3.98. The van der Waals surface area contributed by atoms with Crippen LogP contribution in [0.1, 0.15) is 32.0 Å². The Kier molecular flexibility index (Phi) is 5.33. The highest BCUT2D eigenvalue weighted by Crippen LogP contribution is 2.14. The molecule has 0 fully saturated rings. The second-order valence-corrected chi connectivity index (χ2v) is 5.98. The average Bonchev–Trinajstić information content (AvgIpc) is 3.23. The Balaban J connectivity index is 1.62. The van der Waals surface area contributed by atoms with Crippen molar-refractivity contribution in [3.63, 3.8) is 0 Å². The summed E-state index contributed by atoms with van der Waals surface area (Å²) in [5.41, 5.74) is 2.61. The van der Waals surface area contributed by atoms with Gasteiger partial charge in [0.25, 0.3) is 11.8 Å². The summed E-state index contributed by atoms with van der Waals surface area (Å²) in [4.78, 5) is 26.1. The highest BCUT2D eigenvalue weighted by Gasteiger charge is 2.13. The summed E-state index contributed by atoms with van der Waals surface area (Å²) in [5.74, 6) is -0.266. The minimum Gasteiger partial charge on any atom is -0.459 e. The Morgan fingerprint density at radius 1 is 1.07 bits per heavy atom. The van der Waals surface area contributed by atoms with Crippen molar-refractivity contribution < 1.29 is 14.0 Å². The van der Waals surface area contributed by atoms with E-state index in [1.165, 1.54) is 6.26 Å². The van der Waals surface area contributed by atoms with Crippen molar-refractivity contribution in [2.75, 3.05) is 12.4 Å². The molecule has 134 valence electrons. The maximum Gasteiger partial charge on any atom is 0.291 e. The molecular weight excluding hydrogens is 342 g/mol. The molecule has 1 aromatic heterocycles. The lowest BCUT2D eigenvalue weighted by atomic mass is 10.1. The number of nitriles is 1. The van der Waals surface area contributed by atoms with Crippen LogP contribution in [-0.2, 0) is 6.54 Å². The molecule has 0 aliphatic rings. The molecule has 6 heteroatoms. The summed E-state index contributed by atoms with van der Waals surface area (Å²) in [5, 5.41) is 11.5. The second-order valence-electron chi connectivity index (χ2n) is 5.98. The molecule has 0 bridgehead atoms. The predicted octanol–water partition coefficient (Wildman–Crippen LogP) is 3.68. The number of amides is 2. The van der Waals surface area contributed by atoms with Crippen molar-refractivity contribution in [3.8, 4) is 6.07 Å². The van der Waals surface area contributed by atoms with Gasteiger partial charge in [0.1, 0.15) is 0 Å². The van der Waals surface area contributed by atoms with Crippen LogP contribution >= 0.6 is 0 Å². The van der Waals surface area contributed by atoms with Gasteiger partial charge in [-0.1, -0.05) is 12.1 Å². The zero-order chi connectivity index (χ0) is 19.2. The second kappa shape index (κ2) is 8.02. The van der Waals surface area contributed by atoms with E-state index in [1.807, 2.05) is 12.1 Å². The predicted molar refractivity (Wildman–Crippen MR) is 100 cm³/mol. The third-order valence-electron chi connectivity index (χ3n) is 3.98. The van der Waals surface area contributed by atoms with Crippen molar-refractivity contribution in [2.45, 2.75) is 6.54 Å². The van der Waals surface area contributed by atoms with Crippen LogP contribution in [0.4, 0.5) is 5.69 Å². The molecule has 0 saturated carbocycles. The highest BCUT2D eigenvalue weighted by atomic mass is 16.3. The molecule has 0 atom stereocenters. The Hall–Kier alpha value is -3.85. The van der Waals surface area contributed by atoms with E-state index in [4.69, 9.17) is 9.68 Å². The van der Waals surface area contributed by atoms with Gasteiger partial charge in [-0.25, -0.2) is 0 Å². The molecule has 0 aliphatic heterocycles. The minimum atomic E-state index is -0.350. The Bertz CT molecular complexity index is 969. The van der Waals surface area contributed by atoms with Crippen LogP contribution in [0, 0.1) is 11.3 Å². The summed E-state index contributed by atoms with van der Waals surface area (Å²) >= 11 is 0. The van der Waals surface area contributed by atoms with E-state index in [2.05, 4.69) is 11.4 Å². The van der Waals surface area contributed by atoms with Crippen LogP contribution in [0.5, 0.6) is 0 Å². The van der Waals surface area contributed by atoms with Gasteiger partial charge in [-0.3, -0.25) is 9.59 Å². The first-order valence-corrected chi connectivity index (χ1v) is 8.26. The first kappa shape index (κ1) is 18.0. The molecule has 2 aromatic carbocycles. The Labute approximate surface area is 156 Å². The number of benzene rings is 2. The van der Waals surface area contributed by atoms with E-state index < -0.39 is 0 Å². The number of rotatable bonds is 5. The number of carbonyl (C=O) groups excluding carboxylic acids is 2. The molecule has 1 heterocycles. The van der Waals surface area contributed by atoms with Gasteiger partial charge in [0.2, 0.25) is 0 Å². The molecule has 0 spiro atoms. The number of nitrogens with one attached hydrogen (secondary N) is 1.